The van der Waals surface area contributed by atoms with E-state index in [0.29, 0.717) is 5.01 Å². The molecule has 76 valence electrons. The van der Waals surface area contributed by atoms with Gasteiger partial charge in [0.05, 0.1) is 10.7 Å². The van der Waals surface area contributed by atoms with Crippen LogP contribution in [0.1, 0.15) is 0 Å². The average molecular weight is 219 g/mol. The lowest BCUT2D eigenvalue weighted by molar-refractivity contribution is 0.246. The number of rotatable bonds is 1. The second-order valence-corrected chi connectivity index (χ2v) is 2.82. The predicted octanol–water partition coefficient (Wildman–Crippen LogP) is 0.743. The zero-order chi connectivity index (χ0) is 10.7. The minimum Gasteiger partial charge on any atom is -0.274 e. The summed E-state index contributed by atoms with van der Waals surface area (Å²) >= 11 is 5.64. The molecule has 0 aliphatic rings. The minimum atomic E-state index is -0.751. The van der Waals surface area contributed by atoms with E-state index in [0.717, 1.165) is 12.1 Å². The lowest BCUT2D eigenvalue weighted by atomic mass is 10.3. The quantitative estimate of drug-likeness (QED) is 0.369. The molecule has 0 aliphatic carbocycles. The van der Waals surface area contributed by atoms with Crippen molar-refractivity contribution in [2.75, 3.05) is 5.01 Å². The molecule has 0 spiro atoms. The number of nitrogens with zero attached hydrogens (tertiary/aromatic N) is 1. The largest absolute Gasteiger partial charge is 0.350 e. The number of anilines is 1. The van der Waals surface area contributed by atoms with E-state index in [-0.39, 0.29) is 10.7 Å². The molecule has 0 aromatic heterocycles. The van der Waals surface area contributed by atoms with Gasteiger partial charge in [-0.1, -0.05) is 11.6 Å². The number of urea groups is 1. The summed E-state index contributed by atoms with van der Waals surface area (Å²) in [5, 5.41) is 0.706. The van der Waals surface area contributed by atoms with Crippen molar-refractivity contribution >= 4 is 23.3 Å². The molecule has 5 nitrogen and oxygen atoms in total. The van der Waals surface area contributed by atoms with Crippen LogP contribution in [0.3, 0.4) is 0 Å². The van der Waals surface area contributed by atoms with Gasteiger partial charge >= 0.3 is 6.03 Å². The third-order valence-electron chi connectivity index (χ3n) is 1.51. The number of carbonyl (C=O) groups is 1. The molecule has 14 heavy (non-hydrogen) atoms. The molecule has 7 heteroatoms. The molecule has 0 atom stereocenters. The third kappa shape index (κ3) is 2.11. The molecule has 0 fully saturated rings. The fourth-order valence-corrected chi connectivity index (χ4v) is 1.11. The lowest BCUT2D eigenvalue weighted by Gasteiger charge is -2.16. The topological polar surface area (TPSA) is 84.4 Å². The smallest absolute Gasteiger partial charge is 0.274 e. The van der Waals surface area contributed by atoms with Crippen molar-refractivity contribution < 1.29 is 9.18 Å². The van der Waals surface area contributed by atoms with Crippen LogP contribution in [0, 0.1) is 5.82 Å². The maximum absolute atomic E-state index is 12.6. The molecular formula is C7H8ClFN4O. The van der Waals surface area contributed by atoms with Crippen LogP contribution in [-0.2, 0) is 0 Å². The first-order chi connectivity index (χ1) is 6.56. The minimum absolute atomic E-state index is 0.0242. The van der Waals surface area contributed by atoms with E-state index in [4.69, 9.17) is 23.3 Å². The van der Waals surface area contributed by atoms with Crippen molar-refractivity contribution in [3.05, 3.63) is 29.0 Å². The summed E-state index contributed by atoms with van der Waals surface area (Å²) in [5.74, 6) is 9.67. The van der Waals surface area contributed by atoms with Gasteiger partial charge in [0.15, 0.2) is 0 Å². The molecule has 0 bridgehead atoms. The Bertz CT molecular complexity index is 360. The SMILES string of the molecule is NNC(=O)N(N)c1ccc(F)cc1Cl. The first-order valence-corrected chi connectivity index (χ1v) is 3.94. The lowest BCUT2D eigenvalue weighted by Crippen LogP contribution is -2.47. The maximum Gasteiger partial charge on any atom is 0.350 e. The van der Waals surface area contributed by atoms with E-state index in [9.17, 15) is 9.18 Å². The van der Waals surface area contributed by atoms with Gasteiger partial charge in [0.25, 0.3) is 0 Å². The first-order valence-electron chi connectivity index (χ1n) is 3.56. The number of hydrazine groups is 2. The summed E-state index contributed by atoms with van der Waals surface area (Å²) in [4.78, 5) is 11.0. The summed E-state index contributed by atoms with van der Waals surface area (Å²) in [7, 11) is 0. The molecular weight excluding hydrogens is 211 g/mol. The molecule has 0 unspecified atom stereocenters. The van der Waals surface area contributed by atoms with Gasteiger partial charge in [-0.3, -0.25) is 5.43 Å². The second kappa shape index (κ2) is 4.23. The van der Waals surface area contributed by atoms with Gasteiger partial charge in [-0.25, -0.2) is 25.9 Å². The molecule has 0 aliphatic heterocycles. The molecule has 0 saturated heterocycles. The fraction of sp³-hybridized carbons (Fsp3) is 0. The second-order valence-electron chi connectivity index (χ2n) is 2.42. The van der Waals surface area contributed by atoms with Crippen molar-refractivity contribution in [2.45, 2.75) is 0 Å². The Labute approximate surface area is 84.4 Å². The molecule has 0 saturated carbocycles. The van der Waals surface area contributed by atoms with Gasteiger partial charge in [0.1, 0.15) is 5.82 Å². The third-order valence-corrected chi connectivity index (χ3v) is 1.81. The van der Waals surface area contributed by atoms with Crippen molar-refractivity contribution in [1.29, 1.82) is 0 Å². The number of hydrogen-bond acceptors (Lipinski definition) is 3. The van der Waals surface area contributed by atoms with Crippen molar-refractivity contribution in [1.82, 2.24) is 5.43 Å². The van der Waals surface area contributed by atoms with E-state index in [1.165, 1.54) is 6.07 Å². The van der Waals surface area contributed by atoms with Crippen LogP contribution in [0.4, 0.5) is 14.9 Å². The number of carbonyl (C=O) groups excluding carboxylic acids is 1. The van der Waals surface area contributed by atoms with Crippen LogP contribution in [0.15, 0.2) is 18.2 Å². The van der Waals surface area contributed by atoms with Crippen LogP contribution < -0.4 is 22.1 Å². The highest BCUT2D eigenvalue weighted by Gasteiger charge is 2.13. The monoisotopic (exact) mass is 218 g/mol. The molecule has 1 aromatic rings. The highest BCUT2D eigenvalue weighted by atomic mass is 35.5. The number of halogens is 2. The molecule has 5 N–H and O–H groups in total. The number of benzene rings is 1. The van der Waals surface area contributed by atoms with Crippen LogP contribution in [-0.4, -0.2) is 6.03 Å². The van der Waals surface area contributed by atoms with Crippen LogP contribution in [0.5, 0.6) is 0 Å². The van der Waals surface area contributed by atoms with E-state index in [1.54, 1.807) is 0 Å². The Balaban J connectivity index is 3.01. The summed E-state index contributed by atoms with van der Waals surface area (Å²) in [6.45, 7) is 0. The molecule has 2 amide bonds. The molecule has 0 radical (unpaired) electrons. The Kier molecular flexibility index (Phi) is 3.23. The zero-order valence-electron chi connectivity index (χ0n) is 7.00. The number of nitrogens with one attached hydrogen (secondary N) is 1. The van der Waals surface area contributed by atoms with E-state index >= 15 is 0 Å². The van der Waals surface area contributed by atoms with Crippen LogP contribution in [0.2, 0.25) is 5.02 Å². The van der Waals surface area contributed by atoms with Gasteiger partial charge < -0.3 is 0 Å². The van der Waals surface area contributed by atoms with Crippen molar-refractivity contribution in [2.24, 2.45) is 11.7 Å². The van der Waals surface area contributed by atoms with Crippen molar-refractivity contribution in [3.8, 4) is 0 Å². The number of hydrogen-bond donors (Lipinski definition) is 3. The Hall–Kier alpha value is -1.37. The zero-order valence-corrected chi connectivity index (χ0v) is 7.75. The van der Waals surface area contributed by atoms with E-state index in [2.05, 4.69) is 0 Å². The van der Waals surface area contributed by atoms with Crippen molar-refractivity contribution in [3.63, 3.8) is 0 Å². The average Bonchev–Trinajstić information content (AvgIpc) is 2.15. The van der Waals surface area contributed by atoms with Gasteiger partial charge in [-0.15, -0.1) is 0 Å². The fourth-order valence-electron chi connectivity index (χ4n) is 0.856. The highest BCUT2D eigenvalue weighted by molar-refractivity contribution is 6.33. The number of amides is 2. The highest BCUT2D eigenvalue weighted by Crippen LogP contribution is 2.24. The normalized spacial score (nSPS) is 9.71. The summed E-state index contributed by atoms with van der Waals surface area (Å²) in [6.07, 6.45) is 0. The van der Waals surface area contributed by atoms with Gasteiger partial charge in [0, 0.05) is 0 Å². The molecule has 1 aromatic carbocycles. The Morgan fingerprint density at radius 3 is 2.71 bits per heavy atom. The van der Waals surface area contributed by atoms with Gasteiger partial charge in [0.2, 0.25) is 0 Å². The van der Waals surface area contributed by atoms with E-state index in [1.807, 2.05) is 5.43 Å². The Morgan fingerprint density at radius 1 is 1.57 bits per heavy atom. The van der Waals surface area contributed by atoms with Crippen LogP contribution in [0.25, 0.3) is 0 Å². The standard InChI is InChI=1S/C7H8ClFN4O/c8-5-3-4(9)1-2-6(5)13(11)7(14)12-10/h1-3H,10-11H2,(H,12,14). The maximum atomic E-state index is 12.6. The Morgan fingerprint density at radius 2 is 2.21 bits per heavy atom. The van der Waals surface area contributed by atoms with Gasteiger partial charge in [-0.05, 0) is 18.2 Å². The summed E-state index contributed by atoms with van der Waals surface area (Å²) in [5.41, 5.74) is 1.98. The summed E-state index contributed by atoms with van der Waals surface area (Å²) < 4.78 is 12.6. The van der Waals surface area contributed by atoms with E-state index < -0.39 is 11.8 Å². The predicted molar refractivity (Wildman–Crippen MR) is 50.8 cm³/mol. The first kappa shape index (κ1) is 10.7. The van der Waals surface area contributed by atoms with Crippen LogP contribution >= 0.6 is 11.6 Å². The molecule has 0 heterocycles. The summed E-state index contributed by atoms with van der Waals surface area (Å²) in [6, 6.07) is 2.69. The van der Waals surface area contributed by atoms with Gasteiger partial charge in [-0.2, -0.15) is 0 Å². The molecule has 1 rings (SSSR count). The number of nitrogens with two attached hydrogens (primary N) is 2.